The third-order valence-corrected chi connectivity index (χ3v) is 4.37. The van der Waals surface area contributed by atoms with Gasteiger partial charge in [0.25, 0.3) is 0 Å². The van der Waals surface area contributed by atoms with E-state index in [-0.39, 0.29) is 16.3 Å². The number of halogens is 2. The van der Waals surface area contributed by atoms with Gasteiger partial charge in [0.2, 0.25) is 0 Å². The Kier molecular flexibility index (Phi) is 5.19. The highest BCUT2D eigenvalue weighted by molar-refractivity contribution is 9.10. The lowest BCUT2D eigenvalue weighted by atomic mass is 9.99. The first-order valence-electron chi connectivity index (χ1n) is 6.76. The summed E-state index contributed by atoms with van der Waals surface area (Å²) in [5.41, 5.74) is 0.817. The minimum Gasteiger partial charge on any atom is -0.506 e. The second-order valence-corrected chi connectivity index (χ2v) is 5.68. The fourth-order valence-electron chi connectivity index (χ4n) is 2.63. The first kappa shape index (κ1) is 14.8. The Labute approximate surface area is 121 Å². The molecule has 2 rings (SSSR count). The second kappa shape index (κ2) is 6.68. The highest BCUT2D eigenvalue weighted by atomic mass is 79.9. The fourth-order valence-corrected chi connectivity index (χ4v) is 2.99. The van der Waals surface area contributed by atoms with Crippen LogP contribution in [0.3, 0.4) is 0 Å². The van der Waals surface area contributed by atoms with E-state index in [0.29, 0.717) is 0 Å². The molecule has 19 heavy (non-hydrogen) atoms. The molecule has 1 aliphatic rings. The summed E-state index contributed by atoms with van der Waals surface area (Å²) in [6.07, 6.45) is 1.99. The molecule has 3 nitrogen and oxygen atoms in total. The van der Waals surface area contributed by atoms with Crippen molar-refractivity contribution in [1.29, 1.82) is 0 Å². The Morgan fingerprint density at radius 1 is 1.42 bits per heavy atom. The van der Waals surface area contributed by atoms with Crippen LogP contribution in [0.15, 0.2) is 16.6 Å². The van der Waals surface area contributed by atoms with E-state index in [1.165, 1.54) is 6.07 Å². The maximum Gasteiger partial charge on any atom is 0.141 e. The molecule has 0 aliphatic carbocycles. The van der Waals surface area contributed by atoms with E-state index < -0.39 is 5.82 Å². The zero-order valence-corrected chi connectivity index (χ0v) is 12.7. The predicted octanol–water partition coefficient (Wildman–Crippen LogP) is 3.04. The highest BCUT2D eigenvalue weighted by Gasteiger charge is 2.25. The molecular formula is C14H20BrFN2O. The first-order valence-corrected chi connectivity index (χ1v) is 7.56. The van der Waals surface area contributed by atoms with E-state index in [9.17, 15) is 9.50 Å². The molecule has 0 radical (unpaired) electrons. The van der Waals surface area contributed by atoms with Gasteiger partial charge in [-0.1, -0.05) is 19.4 Å². The number of piperazine rings is 1. The van der Waals surface area contributed by atoms with Crippen molar-refractivity contribution in [3.05, 3.63) is 28.0 Å². The molecule has 1 atom stereocenters. The van der Waals surface area contributed by atoms with Gasteiger partial charge in [-0.25, -0.2) is 4.39 Å². The maximum absolute atomic E-state index is 13.4. The van der Waals surface area contributed by atoms with Gasteiger partial charge in [0.05, 0.1) is 4.47 Å². The average molecular weight is 331 g/mol. The molecule has 0 bridgehead atoms. The zero-order valence-electron chi connectivity index (χ0n) is 11.1. The van der Waals surface area contributed by atoms with Gasteiger partial charge in [-0.3, -0.25) is 4.90 Å². The predicted molar refractivity (Wildman–Crippen MR) is 77.9 cm³/mol. The Hall–Kier alpha value is -0.650. The number of hydrogen-bond acceptors (Lipinski definition) is 3. The van der Waals surface area contributed by atoms with Crippen LogP contribution in [0, 0.1) is 5.82 Å². The Balaban J connectivity index is 2.30. The van der Waals surface area contributed by atoms with Gasteiger partial charge in [-0.15, -0.1) is 0 Å². The summed E-state index contributed by atoms with van der Waals surface area (Å²) in [5.74, 6) is -0.381. The maximum atomic E-state index is 13.4. The van der Waals surface area contributed by atoms with Crippen LogP contribution in [0.2, 0.25) is 0 Å². The van der Waals surface area contributed by atoms with Crippen LogP contribution in [-0.4, -0.2) is 36.2 Å². The molecule has 1 aromatic rings. The lowest BCUT2D eigenvalue weighted by molar-refractivity contribution is 0.162. The SMILES string of the molecule is CCC[C@H](c1ccc(F)c(Br)c1O)N1CCNCC1. The van der Waals surface area contributed by atoms with Crippen molar-refractivity contribution in [3.8, 4) is 5.75 Å². The third-order valence-electron chi connectivity index (χ3n) is 3.61. The van der Waals surface area contributed by atoms with Crippen LogP contribution >= 0.6 is 15.9 Å². The highest BCUT2D eigenvalue weighted by Crippen LogP contribution is 2.38. The van der Waals surface area contributed by atoms with Crippen LogP contribution < -0.4 is 5.32 Å². The smallest absolute Gasteiger partial charge is 0.141 e. The van der Waals surface area contributed by atoms with Crippen molar-refractivity contribution in [1.82, 2.24) is 10.2 Å². The Morgan fingerprint density at radius 3 is 2.74 bits per heavy atom. The number of nitrogens with zero attached hydrogens (tertiary/aromatic N) is 1. The van der Waals surface area contributed by atoms with Crippen molar-refractivity contribution in [2.45, 2.75) is 25.8 Å². The number of hydrogen-bond donors (Lipinski definition) is 2. The number of nitrogens with one attached hydrogen (secondary N) is 1. The molecule has 1 heterocycles. The summed E-state index contributed by atoms with van der Waals surface area (Å²) >= 11 is 3.12. The molecule has 1 aliphatic heterocycles. The zero-order chi connectivity index (χ0) is 13.8. The quantitative estimate of drug-likeness (QED) is 0.890. The number of phenols is 1. The first-order chi connectivity index (χ1) is 9.15. The van der Waals surface area contributed by atoms with Gasteiger partial charge >= 0.3 is 0 Å². The molecule has 5 heteroatoms. The van der Waals surface area contributed by atoms with Gasteiger partial charge in [0, 0.05) is 37.8 Å². The molecule has 1 saturated heterocycles. The van der Waals surface area contributed by atoms with E-state index in [0.717, 1.165) is 44.6 Å². The van der Waals surface area contributed by atoms with E-state index in [1.54, 1.807) is 6.07 Å². The average Bonchev–Trinajstić information content (AvgIpc) is 2.44. The van der Waals surface area contributed by atoms with Crippen LogP contribution in [-0.2, 0) is 0 Å². The van der Waals surface area contributed by atoms with Crippen LogP contribution in [0.4, 0.5) is 4.39 Å². The minimum atomic E-state index is -0.420. The van der Waals surface area contributed by atoms with Gasteiger partial charge in [0.15, 0.2) is 0 Å². The molecule has 1 aromatic carbocycles. The van der Waals surface area contributed by atoms with Crippen LogP contribution in [0.1, 0.15) is 31.4 Å². The minimum absolute atomic E-state index is 0.0389. The van der Waals surface area contributed by atoms with E-state index in [4.69, 9.17) is 0 Å². The summed E-state index contributed by atoms with van der Waals surface area (Å²) in [7, 11) is 0. The van der Waals surface area contributed by atoms with Gasteiger partial charge < -0.3 is 10.4 Å². The molecular weight excluding hydrogens is 311 g/mol. The summed E-state index contributed by atoms with van der Waals surface area (Å²) in [5, 5.41) is 13.5. The standard InChI is InChI=1S/C14H20BrFN2O/c1-2-3-12(18-8-6-17-7-9-18)10-4-5-11(16)13(15)14(10)19/h4-5,12,17,19H,2-3,6-9H2,1H3/t12-/m1/s1. The Morgan fingerprint density at radius 2 is 2.11 bits per heavy atom. The number of rotatable bonds is 4. The molecule has 0 saturated carbocycles. The van der Waals surface area contributed by atoms with E-state index in [1.807, 2.05) is 0 Å². The fraction of sp³-hybridized carbons (Fsp3) is 0.571. The van der Waals surface area contributed by atoms with E-state index in [2.05, 4.69) is 33.1 Å². The molecule has 2 N–H and O–H groups in total. The van der Waals surface area contributed by atoms with Crippen LogP contribution in [0.5, 0.6) is 5.75 Å². The molecule has 0 amide bonds. The third kappa shape index (κ3) is 3.27. The number of aromatic hydroxyl groups is 1. The summed E-state index contributed by atoms with van der Waals surface area (Å²) in [6.45, 7) is 5.97. The van der Waals surface area contributed by atoms with Crippen molar-refractivity contribution in [2.75, 3.05) is 26.2 Å². The largest absolute Gasteiger partial charge is 0.506 e. The van der Waals surface area contributed by atoms with Crippen molar-refractivity contribution < 1.29 is 9.50 Å². The van der Waals surface area contributed by atoms with Crippen molar-refractivity contribution in [3.63, 3.8) is 0 Å². The molecule has 0 aromatic heterocycles. The van der Waals surface area contributed by atoms with Gasteiger partial charge in [-0.2, -0.15) is 0 Å². The topological polar surface area (TPSA) is 35.5 Å². The van der Waals surface area contributed by atoms with Crippen molar-refractivity contribution >= 4 is 15.9 Å². The van der Waals surface area contributed by atoms with E-state index >= 15 is 0 Å². The van der Waals surface area contributed by atoms with Crippen molar-refractivity contribution in [2.24, 2.45) is 0 Å². The van der Waals surface area contributed by atoms with Gasteiger partial charge in [0.1, 0.15) is 11.6 Å². The molecule has 1 fully saturated rings. The normalized spacial score (nSPS) is 18.5. The summed E-state index contributed by atoms with van der Waals surface area (Å²) in [4.78, 5) is 2.36. The van der Waals surface area contributed by atoms with Gasteiger partial charge in [-0.05, 0) is 28.4 Å². The monoisotopic (exact) mass is 330 g/mol. The Bertz CT molecular complexity index is 436. The number of benzene rings is 1. The second-order valence-electron chi connectivity index (χ2n) is 4.89. The lowest BCUT2D eigenvalue weighted by Gasteiger charge is -2.35. The summed E-state index contributed by atoms with van der Waals surface area (Å²) in [6, 6.07) is 3.28. The molecule has 106 valence electrons. The molecule has 0 spiro atoms. The number of phenolic OH excluding ortho intramolecular Hbond substituents is 1. The molecule has 0 unspecified atom stereocenters. The lowest BCUT2D eigenvalue weighted by Crippen LogP contribution is -2.45. The van der Waals surface area contributed by atoms with Crippen LogP contribution in [0.25, 0.3) is 0 Å². The summed E-state index contributed by atoms with van der Waals surface area (Å²) < 4.78 is 13.6.